The molecule has 0 heterocycles. The van der Waals surface area contributed by atoms with Crippen molar-refractivity contribution in [2.24, 2.45) is 5.41 Å². The van der Waals surface area contributed by atoms with Gasteiger partial charge < -0.3 is 5.32 Å². The van der Waals surface area contributed by atoms with Gasteiger partial charge in [0.1, 0.15) is 5.41 Å². The van der Waals surface area contributed by atoms with Crippen LogP contribution < -0.4 is 5.32 Å². The zero-order valence-electron chi connectivity index (χ0n) is 10.4. The Bertz CT molecular complexity index is 574. The van der Waals surface area contributed by atoms with Crippen LogP contribution in [-0.4, -0.2) is 17.9 Å². The van der Waals surface area contributed by atoms with Crippen molar-refractivity contribution in [3.63, 3.8) is 0 Å². The van der Waals surface area contributed by atoms with Gasteiger partial charge in [0.25, 0.3) is 11.6 Å². The predicted octanol–water partition coefficient (Wildman–Crippen LogP) is 2.00. The van der Waals surface area contributed by atoms with Gasteiger partial charge >= 0.3 is 0 Å². The van der Waals surface area contributed by atoms with E-state index < -0.39 is 33.4 Å². The Kier molecular flexibility index (Phi) is 2.80. The topological polar surface area (TPSA) is 72.2 Å². The normalized spacial score (nSPS) is 23.8. The molecule has 1 aromatic carbocycles. The molecule has 2 rings (SSSR count). The molecule has 1 aromatic rings. The van der Waals surface area contributed by atoms with E-state index in [1.807, 2.05) is 0 Å². The number of nitro groups is 1. The SMILES string of the molecule is CNC(=O)C1(C)Cc2ccc([N+](=O)[O-])cc2C1(F)F. The third kappa shape index (κ3) is 1.68. The molecule has 1 aliphatic rings. The molecule has 0 aliphatic heterocycles. The Morgan fingerprint density at radius 3 is 2.63 bits per heavy atom. The highest BCUT2D eigenvalue weighted by atomic mass is 19.3. The third-order valence-electron chi connectivity index (χ3n) is 3.61. The summed E-state index contributed by atoms with van der Waals surface area (Å²) >= 11 is 0. The first-order valence-corrected chi connectivity index (χ1v) is 5.62. The smallest absolute Gasteiger partial charge is 0.288 e. The first-order valence-electron chi connectivity index (χ1n) is 5.62. The lowest BCUT2D eigenvalue weighted by Crippen LogP contribution is -2.46. The van der Waals surface area contributed by atoms with Crippen LogP contribution in [-0.2, 0) is 17.1 Å². The van der Waals surface area contributed by atoms with E-state index in [9.17, 15) is 23.7 Å². The highest BCUT2D eigenvalue weighted by Crippen LogP contribution is 2.54. The molecule has 0 saturated carbocycles. The summed E-state index contributed by atoms with van der Waals surface area (Å²) in [6.07, 6.45) is -0.146. The first kappa shape index (κ1) is 13.4. The number of nitro benzene ring substituents is 1. The van der Waals surface area contributed by atoms with E-state index in [4.69, 9.17) is 0 Å². The number of nitrogens with one attached hydrogen (secondary N) is 1. The van der Waals surface area contributed by atoms with Gasteiger partial charge in [-0.15, -0.1) is 0 Å². The summed E-state index contributed by atoms with van der Waals surface area (Å²) in [7, 11) is 1.29. The fraction of sp³-hybridized carbons (Fsp3) is 0.417. The van der Waals surface area contributed by atoms with Crippen LogP contribution in [0.4, 0.5) is 14.5 Å². The second-order valence-corrected chi connectivity index (χ2v) is 4.76. The van der Waals surface area contributed by atoms with E-state index in [2.05, 4.69) is 5.32 Å². The van der Waals surface area contributed by atoms with Gasteiger partial charge in [0.15, 0.2) is 0 Å². The largest absolute Gasteiger partial charge is 0.358 e. The fourth-order valence-corrected chi connectivity index (χ4v) is 2.41. The van der Waals surface area contributed by atoms with Crippen LogP contribution in [0.25, 0.3) is 0 Å². The average molecular weight is 270 g/mol. The van der Waals surface area contributed by atoms with Crippen LogP contribution >= 0.6 is 0 Å². The van der Waals surface area contributed by atoms with Gasteiger partial charge in [-0.1, -0.05) is 6.07 Å². The van der Waals surface area contributed by atoms with Gasteiger partial charge in [-0.25, -0.2) is 8.78 Å². The number of hydrogen-bond acceptors (Lipinski definition) is 3. The molecule has 5 nitrogen and oxygen atoms in total. The van der Waals surface area contributed by atoms with Gasteiger partial charge in [-0.05, 0) is 18.9 Å². The summed E-state index contributed by atoms with van der Waals surface area (Å²) in [5.74, 6) is -4.22. The number of nitrogens with zero attached hydrogens (tertiary/aromatic N) is 1. The van der Waals surface area contributed by atoms with Crippen molar-refractivity contribution in [2.45, 2.75) is 19.3 Å². The van der Waals surface area contributed by atoms with Crippen molar-refractivity contribution >= 4 is 11.6 Å². The van der Waals surface area contributed by atoms with Crippen LogP contribution in [0.5, 0.6) is 0 Å². The number of halogens is 2. The second kappa shape index (κ2) is 3.97. The molecule has 19 heavy (non-hydrogen) atoms. The molecule has 1 amide bonds. The van der Waals surface area contributed by atoms with Crippen molar-refractivity contribution in [3.8, 4) is 0 Å². The zero-order chi connectivity index (χ0) is 14.4. The number of carbonyl (C=O) groups is 1. The first-order chi connectivity index (χ1) is 8.74. The van der Waals surface area contributed by atoms with Gasteiger partial charge in [0, 0.05) is 24.7 Å². The fourth-order valence-electron chi connectivity index (χ4n) is 2.41. The van der Waals surface area contributed by atoms with E-state index in [1.165, 1.54) is 19.2 Å². The van der Waals surface area contributed by atoms with Crippen LogP contribution in [0.1, 0.15) is 18.1 Å². The number of rotatable bonds is 2. The van der Waals surface area contributed by atoms with Crippen LogP contribution in [0.2, 0.25) is 0 Å². The maximum Gasteiger partial charge on any atom is 0.288 e. The number of carbonyl (C=O) groups excluding carboxylic acids is 1. The Balaban J connectivity index is 2.57. The molecule has 1 atom stereocenters. The van der Waals surface area contributed by atoms with E-state index in [1.54, 1.807) is 0 Å². The highest BCUT2D eigenvalue weighted by Gasteiger charge is 2.61. The number of benzene rings is 1. The van der Waals surface area contributed by atoms with Crippen molar-refractivity contribution in [2.75, 3.05) is 7.05 Å². The lowest BCUT2D eigenvalue weighted by Gasteiger charge is -2.29. The number of amides is 1. The quantitative estimate of drug-likeness (QED) is 0.660. The minimum atomic E-state index is -3.44. The lowest BCUT2D eigenvalue weighted by atomic mass is 9.83. The van der Waals surface area contributed by atoms with E-state index in [-0.39, 0.29) is 12.0 Å². The summed E-state index contributed by atoms with van der Waals surface area (Å²) in [6, 6.07) is 3.31. The highest BCUT2D eigenvalue weighted by molar-refractivity contribution is 5.85. The Morgan fingerprint density at radius 2 is 2.11 bits per heavy atom. The maximum absolute atomic E-state index is 14.4. The summed E-state index contributed by atoms with van der Waals surface area (Å²) in [4.78, 5) is 21.6. The van der Waals surface area contributed by atoms with Crippen LogP contribution in [0.15, 0.2) is 18.2 Å². The number of hydrogen-bond donors (Lipinski definition) is 1. The van der Waals surface area contributed by atoms with E-state index in [0.717, 1.165) is 13.0 Å². The zero-order valence-corrected chi connectivity index (χ0v) is 10.4. The van der Waals surface area contributed by atoms with Gasteiger partial charge in [-0.2, -0.15) is 0 Å². The molecular formula is C12H12F2N2O3. The van der Waals surface area contributed by atoms with Crippen molar-refractivity contribution in [1.29, 1.82) is 0 Å². The molecule has 1 N–H and O–H groups in total. The summed E-state index contributed by atoms with van der Waals surface area (Å²) in [5.41, 5.74) is -2.49. The van der Waals surface area contributed by atoms with Crippen molar-refractivity contribution in [1.82, 2.24) is 5.32 Å². The van der Waals surface area contributed by atoms with E-state index >= 15 is 0 Å². The van der Waals surface area contributed by atoms with Crippen LogP contribution in [0.3, 0.4) is 0 Å². The molecule has 0 saturated heterocycles. The summed E-state index contributed by atoms with van der Waals surface area (Å²) < 4.78 is 28.8. The maximum atomic E-state index is 14.4. The lowest BCUT2D eigenvalue weighted by molar-refractivity contribution is -0.385. The van der Waals surface area contributed by atoms with Gasteiger partial charge in [-0.3, -0.25) is 14.9 Å². The molecule has 1 unspecified atom stereocenters. The van der Waals surface area contributed by atoms with E-state index in [0.29, 0.717) is 0 Å². The Hall–Kier alpha value is -2.05. The molecule has 0 spiro atoms. The van der Waals surface area contributed by atoms with Crippen molar-refractivity contribution < 1.29 is 18.5 Å². The molecular weight excluding hydrogens is 258 g/mol. The molecule has 1 aliphatic carbocycles. The summed E-state index contributed by atoms with van der Waals surface area (Å²) in [6.45, 7) is 1.16. The Morgan fingerprint density at radius 1 is 1.47 bits per heavy atom. The molecule has 0 aromatic heterocycles. The second-order valence-electron chi connectivity index (χ2n) is 4.76. The summed E-state index contributed by atoms with van der Waals surface area (Å²) in [5, 5.41) is 12.9. The van der Waals surface area contributed by atoms with Crippen LogP contribution in [0, 0.1) is 15.5 Å². The van der Waals surface area contributed by atoms with Gasteiger partial charge in [0.05, 0.1) is 4.92 Å². The average Bonchev–Trinajstić information content (AvgIpc) is 2.56. The molecule has 0 bridgehead atoms. The monoisotopic (exact) mass is 270 g/mol. The molecule has 7 heteroatoms. The number of fused-ring (bicyclic) bond motifs is 1. The molecule has 0 radical (unpaired) electrons. The molecule has 102 valence electrons. The predicted molar refractivity (Wildman–Crippen MR) is 62.9 cm³/mol. The molecule has 0 fully saturated rings. The van der Waals surface area contributed by atoms with Gasteiger partial charge in [0.2, 0.25) is 5.91 Å². The number of alkyl halides is 2. The minimum absolute atomic E-state index is 0.146. The standard InChI is InChI=1S/C12H12F2N2O3/c1-11(10(17)15-2)6-7-3-4-8(16(18)19)5-9(7)12(11,13)14/h3-5H,6H2,1-2H3,(H,15,17). The van der Waals surface area contributed by atoms with Crippen molar-refractivity contribution in [3.05, 3.63) is 39.4 Å². The minimum Gasteiger partial charge on any atom is -0.358 e. The Labute approximate surface area is 107 Å². The third-order valence-corrected chi connectivity index (χ3v) is 3.61. The number of non-ortho nitro benzene ring substituents is 1.